The summed E-state index contributed by atoms with van der Waals surface area (Å²) in [5.74, 6) is 2.58. The Morgan fingerprint density at radius 2 is 2.08 bits per heavy atom. The van der Waals surface area contributed by atoms with Gasteiger partial charge < -0.3 is 9.80 Å². The second kappa shape index (κ2) is 7.40. The van der Waals surface area contributed by atoms with Crippen LogP contribution in [0, 0.1) is 5.92 Å². The summed E-state index contributed by atoms with van der Waals surface area (Å²) in [5, 5.41) is 0. The molecule has 3 heterocycles. The number of carbonyl (C=O) groups is 1. The van der Waals surface area contributed by atoms with Crippen LogP contribution in [0.3, 0.4) is 0 Å². The Kier molecular flexibility index (Phi) is 5.02. The number of nitrogens with zero attached hydrogens (tertiary/aromatic N) is 4. The lowest BCUT2D eigenvalue weighted by molar-refractivity contribution is -0.132. The molecule has 0 spiro atoms. The van der Waals surface area contributed by atoms with Crippen LogP contribution in [0.15, 0.2) is 6.20 Å². The van der Waals surface area contributed by atoms with Crippen LogP contribution >= 0.6 is 0 Å². The number of rotatable bonds is 4. The topological polar surface area (TPSA) is 49.3 Å². The maximum atomic E-state index is 12.6. The van der Waals surface area contributed by atoms with Gasteiger partial charge in [0.2, 0.25) is 5.91 Å². The third-order valence-electron chi connectivity index (χ3n) is 6.30. The molecule has 0 aromatic carbocycles. The van der Waals surface area contributed by atoms with Crippen LogP contribution in [-0.4, -0.2) is 52.4 Å². The quantitative estimate of drug-likeness (QED) is 0.844. The highest BCUT2D eigenvalue weighted by molar-refractivity contribution is 5.76. The van der Waals surface area contributed by atoms with E-state index in [9.17, 15) is 4.79 Å². The summed E-state index contributed by atoms with van der Waals surface area (Å²) in [5.41, 5.74) is 2.31. The van der Waals surface area contributed by atoms with Gasteiger partial charge in [-0.2, -0.15) is 0 Å². The van der Waals surface area contributed by atoms with E-state index in [0.717, 1.165) is 56.2 Å². The van der Waals surface area contributed by atoms with Crippen LogP contribution in [0.4, 0.5) is 0 Å². The summed E-state index contributed by atoms with van der Waals surface area (Å²) in [6, 6.07) is 0. The molecule has 2 aliphatic heterocycles. The standard InChI is InChI=1S/C20H30N4O/c1-23-10-8-16(13-23)20-21-12-17-14-24(11-9-18(17)22-20)19(25)7-6-15-4-2-3-5-15/h12,15-16H,2-11,13-14H2,1H3/t16-/m0/s1. The monoisotopic (exact) mass is 342 g/mol. The maximum Gasteiger partial charge on any atom is 0.222 e. The second-order valence-corrected chi connectivity index (χ2v) is 8.20. The van der Waals surface area contributed by atoms with Gasteiger partial charge in [0.25, 0.3) is 0 Å². The molecule has 0 unspecified atom stereocenters. The molecule has 5 nitrogen and oxygen atoms in total. The van der Waals surface area contributed by atoms with Crippen molar-refractivity contribution in [2.24, 2.45) is 5.92 Å². The number of hydrogen-bond acceptors (Lipinski definition) is 4. The summed E-state index contributed by atoms with van der Waals surface area (Å²) in [7, 11) is 2.16. The van der Waals surface area contributed by atoms with Crippen LogP contribution in [0.2, 0.25) is 0 Å². The summed E-state index contributed by atoms with van der Waals surface area (Å²) < 4.78 is 0. The molecule has 5 heteroatoms. The van der Waals surface area contributed by atoms with E-state index in [1.165, 1.54) is 31.4 Å². The third-order valence-corrected chi connectivity index (χ3v) is 6.30. The minimum atomic E-state index is 0.319. The van der Waals surface area contributed by atoms with Crippen LogP contribution in [0.25, 0.3) is 0 Å². The lowest BCUT2D eigenvalue weighted by Gasteiger charge is -2.29. The van der Waals surface area contributed by atoms with E-state index >= 15 is 0 Å². The molecule has 1 aromatic heterocycles. The van der Waals surface area contributed by atoms with E-state index in [1.807, 2.05) is 11.1 Å². The zero-order valence-corrected chi connectivity index (χ0v) is 15.4. The first-order valence-corrected chi connectivity index (χ1v) is 10.00. The summed E-state index contributed by atoms with van der Waals surface area (Å²) in [6.45, 7) is 3.71. The van der Waals surface area contributed by atoms with E-state index < -0.39 is 0 Å². The van der Waals surface area contributed by atoms with E-state index in [-0.39, 0.29) is 0 Å². The summed E-state index contributed by atoms with van der Waals surface area (Å²) in [4.78, 5) is 26.4. The smallest absolute Gasteiger partial charge is 0.222 e. The molecule has 2 fully saturated rings. The molecule has 0 N–H and O–H groups in total. The van der Waals surface area contributed by atoms with Crippen molar-refractivity contribution < 1.29 is 4.79 Å². The van der Waals surface area contributed by atoms with E-state index in [4.69, 9.17) is 4.98 Å². The van der Waals surface area contributed by atoms with Crippen LogP contribution < -0.4 is 0 Å². The Balaban J connectivity index is 1.35. The van der Waals surface area contributed by atoms with Crippen LogP contribution in [0.5, 0.6) is 0 Å². The molecule has 1 atom stereocenters. The van der Waals surface area contributed by atoms with Gasteiger partial charge in [0.05, 0.1) is 5.69 Å². The Labute approximate surface area is 150 Å². The van der Waals surface area contributed by atoms with Crippen LogP contribution in [0.1, 0.15) is 67.9 Å². The zero-order valence-electron chi connectivity index (χ0n) is 15.4. The zero-order chi connectivity index (χ0) is 17.2. The lowest BCUT2D eigenvalue weighted by Crippen LogP contribution is -2.36. The number of aromatic nitrogens is 2. The second-order valence-electron chi connectivity index (χ2n) is 8.20. The molecule has 1 saturated carbocycles. The highest BCUT2D eigenvalue weighted by Crippen LogP contribution is 2.29. The fraction of sp³-hybridized carbons (Fsp3) is 0.750. The van der Waals surface area contributed by atoms with Gasteiger partial charge in [-0.3, -0.25) is 4.79 Å². The van der Waals surface area contributed by atoms with Gasteiger partial charge in [0, 0.05) is 50.2 Å². The normalized spacial score (nSPS) is 24.7. The van der Waals surface area contributed by atoms with E-state index in [0.29, 0.717) is 24.8 Å². The van der Waals surface area contributed by atoms with Crippen molar-refractivity contribution in [3.63, 3.8) is 0 Å². The van der Waals surface area contributed by atoms with Crippen molar-refractivity contribution in [1.82, 2.24) is 19.8 Å². The first kappa shape index (κ1) is 17.0. The number of hydrogen-bond donors (Lipinski definition) is 0. The fourth-order valence-corrected chi connectivity index (χ4v) is 4.67. The molecule has 1 amide bonds. The largest absolute Gasteiger partial charge is 0.338 e. The van der Waals surface area contributed by atoms with Crippen molar-refractivity contribution in [2.75, 3.05) is 26.7 Å². The van der Waals surface area contributed by atoms with Crippen molar-refractivity contribution in [1.29, 1.82) is 0 Å². The average Bonchev–Trinajstić information content (AvgIpc) is 3.30. The molecule has 25 heavy (non-hydrogen) atoms. The van der Waals surface area contributed by atoms with Gasteiger partial charge in [0.1, 0.15) is 5.82 Å². The predicted octanol–water partition coefficient (Wildman–Crippen LogP) is 2.75. The van der Waals surface area contributed by atoms with Gasteiger partial charge in [-0.05, 0) is 32.4 Å². The molecule has 0 bridgehead atoms. The van der Waals surface area contributed by atoms with E-state index in [1.54, 1.807) is 0 Å². The molecule has 136 valence electrons. The molecule has 0 radical (unpaired) electrons. The van der Waals surface area contributed by atoms with Gasteiger partial charge >= 0.3 is 0 Å². The van der Waals surface area contributed by atoms with Gasteiger partial charge in [-0.15, -0.1) is 0 Å². The Morgan fingerprint density at radius 1 is 1.24 bits per heavy atom. The number of likely N-dealkylation sites (N-methyl/N-ethyl adjacent to an activating group) is 1. The molecule has 1 saturated heterocycles. The van der Waals surface area contributed by atoms with Crippen molar-refractivity contribution in [3.05, 3.63) is 23.3 Å². The average molecular weight is 342 g/mol. The fourth-order valence-electron chi connectivity index (χ4n) is 4.67. The molecule has 3 aliphatic rings. The molecular formula is C20H30N4O. The maximum absolute atomic E-state index is 12.6. The summed E-state index contributed by atoms with van der Waals surface area (Å²) in [6.07, 6.45) is 11.2. The lowest BCUT2D eigenvalue weighted by atomic mass is 10.0. The van der Waals surface area contributed by atoms with Crippen LogP contribution in [-0.2, 0) is 17.8 Å². The van der Waals surface area contributed by atoms with Gasteiger partial charge in [-0.25, -0.2) is 9.97 Å². The Bertz CT molecular complexity index is 626. The minimum absolute atomic E-state index is 0.319. The Morgan fingerprint density at radius 3 is 2.84 bits per heavy atom. The Hall–Kier alpha value is -1.49. The first-order chi connectivity index (χ1) is 12.2. The highest BCUT2D eigenvalue weighted by Gasteiger charge is 2.27. The van der Waals surface area contributed by atoms with Gasteiger partial charge in [-0.1, -0.05) is 25.7 Å². The predicted molar refractivity (Wildman–Crippen MR) is 97.2 cm³/mol. The number of amides is 1. The van der Waals surface area contributed by atoms with E-state index in [2.05, 4.69) is 16.9 Å². The van der Waals surface area contributed by atoms with Crippen molar-refractivity contribution in [2.45, 2.75) is 63.8 Å². The number of fused-ring (bicyclic) bond motifs is 1. The number of carbonyl (C=O) groups excluding carboxylic acids is 1. The van der Waals surface area contributed by atoms with Gasteiger partial charge in [0.15, 0.2) is 0 Å². The molecular weight excluding hydrogens is 312 g/mol. The summed E-state index contributed by atoms with van der Waals surface area (Å²) >= 11 is 0. The SMILES string of the molecule is CN1CC[C@H](c2ncc3c(n2)CCN(C(=O)CCC2CCCC2)C3)C1. The molecule has 1 aromatic rings. The molecule has 4 rings (SSSR count). The number of likely N-dealkylation sites (tertiary alicyclic amines) is 1. The first-order valence-electron chi connectivity index (χ1n) is 10.00. The van der Waals surface area contributed by atoms with Crippen molar-refractivity contribution in [3.8, 4) is 0 Å². The van der Waals surface area contributed by atoms with Crippen molar-refractivity contribution >= 4 is 5.91 Å². The third kappa shape index (κ3) is 3.86. The molecule has 1 aliphatic carbocycles. The minimum Gasteiger partial charge on any atom is -0.338 e. The highest BCUT2D eigenvalue weighted by atomic mass is 16.2.